The van der Waals surface area contributed by atoms with Crippen molar-refractivity contribution in [2.45, 2.75) is 5.75 Å². The molecule has 0 saturated heterocycles. The first kappa shape index (κ1) is 17.3. The van der Waals surface area contributed by atoms with Crippen LogP contribution in [0.2, 0.25) is 15.1 Å². The Morgan fingerprint density at radius 1 is 1.05 bits per heavy atom. The third-order valence-electron chi connectivity index (χ3n) is 2.81. The molecule has 0 heterocycles. The van der Waals surface area contributed by atoms with E-state index in [1.165, 1.54) is 12.1 Å². The summed E-state index contributed by atoms with van der Waals surface area (Å²) in [6, 6.07) is 8.49. The fourth-order valence-electron chi connectivity index (χ4n) is 1.73. The Balaban J connectivity index is 2.24. The number of halogens is 4. The molecule has 0 spiro atoms. The van der Waals surface area contributed by atoms with Crippen molar-refractivity contribution in [3.63, 3.8) is 0 Å². The van der Waals surface area contributed by atoms with Gasteiger partial charge in [-0.2, -0.15) is 0 Å². The molecule has 2 aromatic rings. The molecular formula is C15H10Cl3FO2S. The molecule has 0 aliphatic rings. The normalized spacial score (nSPS) is 12.0. The summed E-state index contributed by atoms with van der Waals surface area (Å²) in [5, 5.41) is 1.71. The lowest BCUT2D eigenvalue weighted by Crippen LogP contribution is -2.01. The summed E-state index contributed by atoms with van der Waals surface area (Å²) in [4.78, 5) is 0. The van der Waals surface area contributed by atoms with Gasteiger partial charge in [-0.25, -0.2) is 12.8 Å². The average molecular weight is 380 g/mol. The lowest BCUT2D eigenvalue weighted by atomic mass is 10.2. The van der Waals surface area contributed by atoms with E-state index in [0.29, 0.717) is 16.1 Å². The van der Waals surface area contributed by atoms with Gasteiger partial charge in [0.1, 0.15) is 5.82 Å². The second-order valence-corrected chi connectivity index (χ2v) is 7.57. The topological polar surface area (TPSA) is 34.1 Å². The lowest BCUT2D eigenvalue weighted by Gasteiger charge is -2.04. The van der Waals surface area contributed by atoms with Crippen LogP contribution in [-0.4, -0.2) is 8.42 Å². The van der Waals surface area contributed by atoms with Crippen LogP contribution in [0, 0.1) is 5.82 Å². The molecule has 2 aromatic carbocycles. The van der Waals surface area contributed by atoms with Gasteiger partial charge in [0.15, 0.2) is 9.84 Å². The highest BCUT2D eigenvalue weighted by Gasteiger charge is 2.12. The van der Waals surface area contributed by atoms with Crippen molar-refractivity contribution in [3.05, 3.63) is 73.8 Å². The zero-order valence-corrected chi connectivity index (χ0v) is 14.1. The van der Waals surface area contributed by atoms with E-state index in [1.54, 1.807) is 18.2 Å². The summed E-state index contributed by atoms with van der Waals surface area (Å²) < 4.78 is 37.1. The fraction of sp³-hybridized carbons (Fsp3) is 0.0667. The van der Waals surface area contributed by atoms with Crippen molar-refractivity contribution >= 4 is 50.7 Å². The van der Waals surface area contributed by atoms with E-state index in [9.17, 15) is 12.8 Å². The maximum absolute atomic E-state index is 13.0. The van der Waals surface area contributed by atoms with Gasteiger partial charge in [0.25, 0.3) is 0 Å². The van der Waals surface area contributed by atoms with Gasteiger partial charge in [0.05, 0.1) is 15.8 Å². The van der Waals surface area contributed by atoms with Crippen molar-refractivity contribution in [1.82, 2.24) is 0 Å². The van der Waals surface area contributed by atoms with Gasteiger partial charge < -0.3 is 0 Å². The van der Waals surface area contributed by atoms with E-state index in [0.717, 1.165) is 17.5 Å². The number of hydrogen-bond donors (Lipinski definition) is 0. The molecule has 116 valence electrons. The van der Waals surface area contributed by atoms with Crippen molar-refractivity contribution < 1.29 is 12.8 Å². The van der Waals surface area contributed by atoms with Crippen molar-refractivity contribution in [3.8, 4) is 0 Å². The van der Waals surface area contributed by atoms with Crippen LogP contribution in [-0.2, 0) is 15.6 Å². The van der Waals surface area contributed by atoms with Gasteiger partial charge in [0.2, 0.25) is 0 Å². The zero-order valence-electron chi connectivity index (χ0n) is 11.1. The van der Waals surface area contributed by atoms with Crippen molar-refractivity contribution in [2.75, 3.05) is 0 Å². The standard InChI is InChI=1S/C15H10Cl3FO2S/c16-13-3-1-2-10(15(13)18)6-7-22(20,21)9-11-4-5-12(19)8-14(11)17/h1-8H,9H2/b7-6-. The first-order chi connectivity index (χ1) is 10.3. The monoisotopic (exact) mass is 378 g/mol. The second-order valence-electron chi connectivity index (χ2n) is 4.49. The summed E-state index contributed by atoms with van der Waals surface area (Å²) >= 11 is 17.7. The summed E-state index contributed by atoms with van der Waals surface area (Å²) in [5.41, 5.74) is 0.813. The quantitative estimate of drug-likeness (QED) is 0.715. The lowest BCUT2D eigenvalue weighted by molar-refractivity contribution is 0.603. The average Bonchev–Trinajstić information content (AvgIpc) is 2.44. The molecule has 22 heavy (non-hydrogen) atoms. The van der Waals surface area contributed by atoms with E-state index in [4.69, 9.17) is 34.8 Å². The van der Waals surface area contributed by atoms with Crippen LogP contribution in [0.15, 0.2) is 41.8 Å². The third-order valence-corrected chi connectivity index (χ3v) is 5.26. The third kappa shape index (κ3) is 4.46. The molecule has 0 unspecified atom stereocenters. The first-order valence-corrected chi connectivity index (χ1v) is 8.92. The van der Waals surface area contributed by atoms with Gasteiger partial charge in [-0.15, -0.1) is 0 Å². The summed E-state index contributed by atoms with van der Waals surface area (Å²) in [7, 11) is -3.59. The molecular weight excluding hydrogens is 370 g/mol. The molecule has 0 aromatic heterocycles. The molecule has 0 saturated carbocycles. The molecule has 0 atom stereocenters. The summed E-state index contributed by atoms with van der Waals surface area (Å²) in [6.07, 6.45) is 1.36. The van der Waals surface area contributed by atoms with E-state index in [2.05, 4.69) is 0 Å². The molecule has 2 rings (SSSR count). The highest BCUT2D eigenvalue weighted by atomic mass is 35.5. The number of benzene rings is 2. The van der Waals surface area contributed by atoms with Crippen LogP contribution in [0.5, 0.6) is 0 Å². The Hall–Kier alpha value is -1.07. The van der Waals surface area contributed by atoms with Crippen LogP contribution in [0.1, 0.15) is 11.1 Å². The molecule has 2 nitrogen and oxygen atoms in total. The minimum absolute atomic E-state index is 0.0674. The Kier molecular flexibility index (Phi) is 5.50. The van der Waals surface area contributed by atoms with E-state index in [-0.39, 0.29) is 15.8 Å². The number of rotatable bonds is 4. The van der Waals surface area contributed by atoms with Crippen LogP contribution in [0.3, 0.4) is 0 Å². The predicted octanol–water partition coefficient (Wildman–Crippen LogP) is 5.37. The maximum atomic E-state index is 13.0. The molecule has 7 heteroatoms. The summed E-state index contributed by atoms with van der Waals surface area (Å²) in [5.74, 6) is -0.853. The maximum Gasteiger partial charge on any atom is 0.175 e. The smallest absolute Gasteiger partial charge is 0.175 e. The minimum Gasteiger partial charge on any atom is -0.224 e. The van der Waals surface area contributed by atoms with Crippen LogP contribution in [0.4, 0.5) is 4.39 Å². The highest BCUT2D eigenvalue weighted by Crippen LogP contribution is 2.27. The minimum atomic E-state index is -3.59. The van der Waals surface area contributed by atoms with Crippen LogP contribution < -0.4 is 0 Å². The van der Waals surface area contributed by atoms with Crippen LogP contribution in [0.25, 0.3) is 6.08 Å². The molecule has 0 fully saturated rings. The molecule has 0 aliphatic carbocycles. The Labute approximate surface area is 143 Å². The molecule has 0 aliphatic heterocycles. The SMILES string of the molecule is O=S(=O)(/C=C\c1cccc(Cl)c1Cl)Cc1ccc(F)cc1Cl. The molecule has 0 bridgehead atoms. The predicted molar refractivity (Wildman–Crippen MR) is 89.5 cm³/mol. The largest absolute Gasteiger partial charge is 0.224 e. The molecule has 0 amide bonds. The first-order valence-electron chi connectivity index (χ1n) is 6.07. The van der Waals surface area contributed by atoms with Gasteiger partial charge in [0, 0.05) is 10.4 Å². The molecule has 0 N–H and O–H groups in total. The van der Waals surface area contributed by atoms with E-state index < -0.39 is 15.7 Å². The van der Waals surface area contributed by atoms with Crippen molar-refractivity contribution in [1.29, 1.82) is 0 Å². The molecule has 0 radical (unpaired) electrons. The Morgan fingerprint density at radius 3 is 2.45 bits per heavy atom. The second kappa shape index (κ2) is 7.01. The summed E-state index contributed by atoms with van der Waals surface area (Å²) in [6.45, 7) is 0. The van der Waals surface area contributed by atoms with Gasteiger partial charge >= 0.3 is 0 Å². The van der Waals surface area contributed by atoms with Crippen molar-refractivity contribution in [2.24, 2.45) is 0 Å². The van der Waals surface area contributed by atoms with Gasteiger partial charge in [-0.05, 0) is 35.4 Å². The van der Waals surface area contributed by atoms with E-state index >= 15 is 0 Å². The fourth-order valence-corrected chi connectivity index (χ4v) is 3.55. The van der Waals surface area contributed by atoms with Gasteiger partial charge in [-0.3, -0.25) is 0 Å². The zero-order chi connectivity index (χ0) is 16.3. The highest BCUT2D eigenvalue weighted by molar-refractivity contribution is 7.93. The van der Waals surface area contributed by atoms with E-state index in [1.807, 2.05) is 0 Å². The van der Waals surface area contributed by atoms with Gasteiger partial charge in [-0.1, -0.05) is 53.0 Å². The Bertz CT molecular complexity index is 833. The number of sulfone groups is 1. The van der Waals surface area contributed by atoms with Crippen LogP contribution >= 0.6 is 34.8 Å². The number of hydrogen-bond acceptors (Lipinski definition) is 2. The Morgan fingerprint density at radius 2 is 1.77 bits per heavy atom.